The van der Waals surface area contributed by atoms with Gasteiger partial charge in [0.2, 0.25) is 5.91 Å². The van der Waals surface area contributed by atoms with Gasteiger partial charge in [-0.05, 0) is 38.4 Å². The molecule has 1 N–H and O–H groups in total. The van der Waals surface area contributed by atoms with Crippen LogP contribution in [0.1, 0.15) is 17.5 Å². The van der Waals surface area contributed by atoms with Crippen molar-refractivity contribution in [2.75, 3.05) is 25.0 Å². The van der Waals surface area contributed by atoms with Crippen molar-refractivity contribution in [2.24, 2.45) is 5.41 Å². The molecule has 1 heterocycles. The zero-order valence-corrected chi connectivity index (χ0v) is 12.3. The lowest BCUT2D eigenvalue weighted by atomic mass is 9.84. The third-order valence-electron chi connectivity index (χ3n) is 4.13. The summed E-state index contributed by atoms with van der Waals surface area (Å²) in [6.07, 6.45) is -4.77. The molecule has 0 bridgehead atoms. The molecule has 1 aliphatic rings. The topological polar surface area (TPSA) is 32.3 Å². The number of alkyl halides is 3. The molecule has 21 heavy (non-hydrogen) atoms. The van der Waals surface area contributed by atoms with Gasteiger partial charge in [-0.1, -0.05) is 17.7 Å². The monoisotopic (exact) mass is 300 g/mol. The molecule has 1 saturated heterocycles. The molecular weight excluding hydrogens is 281 g/mol. The molecule has 0 aromatic heterocycles. The van der Waals surface area contributed by atoms with Crippen LogP contribution in [0.15, 0.2) is 18.2 Å². The summed E-state index contributed by atoms with van der Waals surface area (Å²) in [5.41, 5.74) is -0.0144. The number of hydrogen-bond donors (Lipinski definition) is 1. The van der Waals surface area contributed by atoms with Gasteiger partial charge in [-0.3, -0.25) is 4.79 Å². The second-order valence-electron chi connectivity index (χ2n) is 5.66. The number of anilines is 1. The van der Waals surface area contributed by atoms with E-state index in [2.05, 4.69) is 5.32 Å². The highest BCUT2D eigenvalue weighted by Crippen LogP contribution is 2.45. The van der Waals surface area contributed by atoms with Crippen LogP contribution in [-0.4, -0.2) is 32.2 Å². The first kappa shape index (κ1) is 15.8. The Balaban J connectivity index is 2.37. The Morgan fingerprint density at radius 3 is 2.48 bits per heavy atom. The third kappa shape index (κ3) is 2.64. The predicted octanol–water partition coefficient (Wildman–Crippen LogP) is 2.81. The average molecular weight is 300 g/mol. The summed E-state index contributed by atoms with van der Waals surface area (Å²) in [6, 6.07) is 5.33. The highest BCUT2D eigenvalue weighted by molar-refractivity contribution is 5.98. The molecule has 3 nitrogen and oxygen atoms in total. The van der Waals surface area contributed by atoms with E-state index in [1.54, 1.807) is 19.1 Å². The molecule has 1 fully saturated rings. The van der Waals surface area contributed by atoms with E-state index in [0.29, 0.717) is 5.69 Å². The van der Waals surface area contributed by atoms with Gasteiger partial charge < -0.3 is 10.2 Å². The molecule has 1 amide bonds. The van der Waals surface area contributed by atoms with Gasteiger partial charge >= 0.3 is 6.18 Å². The highest BCUT2D eigenvalue weighted by Gasteiger charge is 2.62. The lowest BCUT2D eigenvalue weighted by molar-refractivity contribution is -0.214. The number of amides is 1. The smallest absolute Gasteiger partial charge is 0.315 e. The lowest BCUT2D eigenvalue weighted by Gasteiger charge is -2.34. The average Bonchev–Trinajstić information content (AvgIpc) is 2.87. The van der Waals surface area contributed by atoms with E-state index >= 15 is 0 Å². The molecule has 0 aliphatic carbocycles. The quantitative estimate of drug-likeness (QED) is 0.911. The number of benzene rings is 1. The van der Waals surface area contributed by atoms with E-state index in [4.69, 9.17) is 0 Å². The van der Waals surface area contributed by atoms with Crippen molar-refractivity contribution in [3.63, 3.8) is 0 Å². The fourth-order valence-corrected chi connectivity index (χ4v) is 2.85. The number of nitrogens with zero attached hydrogens (tertiary/aromatic N) is 1. The van der Waals surface area contributed by atoms with Crippen LogP contribution >= 0.6 is 0 Å². The Kier molecular flexibility index (Phi) is 4.02. The molecule has 1 aromatic carbocycles. The maximum absolute atomic E-state index is 13.4. The highest BCUT2D eigenvalue weighted by atomic mass is 19.4. The van der Waals surface area contributed by atoms with Crippen LogP contribution in [0.5, 0.6) is 0 Å². The van der Waals surface area contributed by atoms with Gasteiger partial charge in [-0.2, -0.15) is 13.2 Å². The molecule has 0 radical (unpaired) electrons. The van der Waals surface area contributed by atoms with Crippen molar-refractivity contribution in [1.29, 1.82) is 0 Å². The first-order chi connectivity index (χ1) is 9.69. The summed E-state index contributed by atoms with van der Waals surface area (Å²) in [4.78, 5) is 13.7. The molecule has 6 heteroatoms. The van der Waals surface area contributed by atoms with Crippen LogP contribution in [0.3, 0.4) is 0 Å². The van der Waals surface area contributed by atoms with Crippen molar-refractivity contribution < 1.29 is 18.0 Å². The Hall–Kier alpha value is -1.56. The summed E-state index contributed by atoms with van der Waals surface area (Å²) in [5.74, 6) is -0.896. The summed E-state index contributed by atoms with van der Waals surface area (Å²) in [7, 11) is 1.41. The zero-order valence-electron chi connectivity index (χ0n) is 12.3. The van der Waals surface area contributed by atoms with Gasteiger partial charge in [0.1, 0.15) is 0 Å². The molecule has 1 atom stereocenters. The Morgan fingerprint density at radius 1 is 1.33 bits per heavy atom. The number of rotatable bonds is 2. The number of halogens is 3. The number of carbonyl (C=O) groups excluding carboxylic acids is 1. The second kappa shape index (κ2) is 5.33. The zero-order chi connectivity index (χ0) is 15.8. The molecule has 0 saturated carbocycles. The molecule has 1 aromatic rings. The third-order valence-corrected chi connectivity index (χ3v) is 4.13. The largest absolute Gasteiger partial charge is 0.404 e. The summed E-state index contributed by atoms with van der Waals surface area (Å²) in [5, 5.41) is 2.66. The minimum absolute atomic E-state index is 0.200. The Bertz CT molecular complexity index is 548. The fraction of sp³-hybridized carbons (Fsp3) is 0.533. The maximum atomic E-state index is 13.4. The number of carbonyl (C=O) groups is 1. The molecule has 1 unspecified atom stereocenters. The van der Waals surface area contributed by atoms with E-state index in [1.165, 1.54) is 7.05 Å². The van der Waals surface area contributed by atoms with E-state index in [0.717, 1.165) is 16.0 Å². The first-order valence-corrected chi connectivity index (χ1v) is 6.82. The second-order valence-corrected chi connectivity index (χ2v) is 5.66. The van der Waals surface area contributed by atoms with Gasteiger partial charge in [-0.15, -0.1) is 0 Å². The van der Waals surface area contributed by atoms with Gasteiger partial charge in [-0.25, -0.2) is 0 Å². The lowest BCUT2D eigenvalue weighted by Crippen LogP contribution is -2.53. The van der Waals surface area contributed by atoms with Crippen LogP contribution in [0.4, 0.5) is 18.9 Å². The Morgan fingerprint density at radius 2 is 2.00 bits per heavy atom. The SMILES string of the molecule is Cc1ccc(N(C)C(=O)C2(C(F)(F)F)CCNC2)c(C)c1. The van der Waals surface area contributed by atoms with Crippen LogP contribution in [-0.2, 0) is 4.79 Å². The first-order valence-electron chi connectivity index (χ1n) is 6.82. The molecule has 0 spiro atoms. The van der Waals surface area contributed by atoms with Crippen LogP contribution in [0.2, 0.25) is 0 Å². The van der Waals surface area contributed by atoms with Crippen LogP contribution in [0.25, 0.3) is 0 Å². The van der Waals surface area contributed by atoms with Crippen molar-refractivity contribution in [3.8, 4) is 0 Å². The minimum Gasteiger partial charge on any atom is -0.315 e. The summed E-state index contributed by atoms with van der Waals surface area (Å²) in [6.45, 7) is 3.53. The Labute approximate surface area is 122 Å². The van der Waals surface area contributed by atoms with Gasteiger partial charge in [0.15, 0.2) is 5.41 Å². The minimum atomic E-state index is -4.56. The number of nitrogens with one attached hydrogen (secondary N) is 1. The van der Waals surface area contributed by atoms with Gasteiger partial charge in [0.25, 0.3) is 0 Å². The van der Waals surface area contributed by atoms with E-state index in [-0.39, 0.29) is 19.5 Å². The van der Waals surface area contributed by atoms with E-state index in [1.807, 2.05) is 13.0 Å². The number of hydrogen-bond acceptors (Lipinski definition) is 2. The van der Waals surface area contributed by atoms with Crippen LogP contribution < -0.4 is 10.2 Å². The molecule has 116 valence electrons. The van der Waals surface area contributed by atoms with Crippen molar-refractivity contribution in [3.05, 3.63) is 29.3 Å². The van der Waals surface area contributed by atoms with E-state index in [9.17, 15) is 18.0 Å². The van der Waals surface area contributed by atoms with Gasteiger partial charge in [0, 0.05) is 19.3 Å². The predicted molar refractivity (Wildman–Crippen MR) is 75.3 cm³/mol. The molecule has 1 aliphatic heterocycles. The van der Waals surface area contributed by atoms with Crippen LogP contribution in [0, 0.1) is 19.3 Å². The van der Waals surface area contributed by atoms with Crippen molar-refractivity contribution in [1.82, 2.24) is 5.32 Å². The summed E-state index contributed by atoms with van der Waals surface area (Å²) >= 11 is 0. The van der Waals surface area contributed by atoms with Gasteiger partial charge in [0.05, 0.1) is 0 Å². The standard InChI is InChI=1S/C15H19F3N2O/c1-10-4-5-12(11(2)8-10)20(3)13(21)14(15(16,17)18)6-7-19-9-14/h4-5,8,19H,6-7,9H2,1-3H3. The number of aryl methyl sites for hydroxylation is 2. The van der Waals surface area contributed by atoms with Crippen molar-refractivity contribution in [2.45, 2.75) is 26.4 Å². The molecule has 2 rings (SSSR count). The fourth-order valence-electron chi connectivity index (χ4n) is 2.85. The maximum Gasteiger partial charge on any atom is 0.404 e. The van der Waals surface area contributed by atoms with Crippen molar-refractivity contribution >= 4 is 11.6 Å². The van der Waals surface area contributed by atoms with E-state index < -0.39 is 17.5 Å². The molecular formula is C15H19F3N2O. The summed E-state index contributed by atoms with van der Waals surface area (Å²) < 4.78 is 40.3. The normalized spacial score (nSPS) is 22.4.